The molecule has 0 saturated carbocycles. The van der Waals surface area contributed by atoms with E-state index < -0.39 is 0 Å². The van der Waals surface area contributed by atoms with Crippen LogP contribution in [0.2, 0.25) is 0 Å². The molecule has 94 valence electrons. The minimum absolute atomic E-state index is 0.223. The number of aromatic nitrogens is 1. The molecule has 1 aromatic carbocycles. The van der Waals surface area contributed by atoms with Gasteiger partial charge >= 0.3 is 5.97 Å². The van der Waals surface area contributed by atoms with E-state index in [-0.39, 0.29) is 12.4 Å². The first-order chi connectivity index (χ1) is 8.70. The maximum atomic E-state index is 11.4. The smallest absolute Gasteiger partial charge is 0.311 e. The molecule has 0 unspecified atom stereocenters. The lowest BCUT2D eigenvalue weighted by molar-refractivity contribution is -0.142. The highest BCUT2D eigenvalue weighted by Gasteiger charge is 2.10. The molecule has 0 spiro atoms. The molecule has 1 aromatic heterocycles. The standard InChI is InChI=1S/C14H15NO2S/c1-3-17-13(16)8-11-9-18-14(15-11)12-7-5-4-6-10(12)2/h4-7,9H,3,8H2,1-2H3. The zero-order chi connectivity index (χ0) is 13.0. The van der Waals surface area contributed by atoms with E-state index in [1.807, 2.05) is 23.6 Å². The van der Waals surface area contributed by atoms with Gasteiger partial charge in [0.25, 0.3) is 0 Å². The highest BCUT2D eigenvalue weighted by atomic mass is 32.1. The van der Waals surface area contributed by atoms with Crippen molar-refractivity contribution in [3.05, 3.63) is 40.9 Å². The molecule has 0 atom stereocenters. The van der Waals surface area contributed by atoms with Gasteiger partial charge in [-0.25, -0.2) is 4.98 Å². The summed E-state index contributed by atoms with van der Waals surface area (Å²) in [4.78, 5) is 15.8. The predicted octanol–water partition coefficient (Wildman–Crippen LogP) is 3.22. The van der Waals surface area contributed by atoms with Crippen molar-refractivity contribution < 1.29 is 9.53 Å². The topological polar surface area (TPSA) is 39.2 Å². The van der Waals surface area contributed by atoms with E-state index in [2.05, 4.69) is 18.0 Å². The number of carbonyl (C=O) groups is 1. The number of esters is 1. The zero-order valence-electron chi connectivity index (χ0n) is 10.5. The van der Waals surface area contributed by atoms with E-state index in [9.17, 15) is 4.79 Å². The Labute approximate surface area is 110 Å². The lowest BCUT2D eigenvalue weighted by atomic mass is 10.1. The summed E-state index contributed by atoms with van der Waals surface area (Å²) < 4.78 is 4.91. The van der Waals surface area contributed by atoms with Gasteiger partial charge in [0, 0.05) is 10.9 Å². The summed E-state index contributed by atoms with van der Waals surface area (Å²) in [5, 5.41) is 2.87. The first-order valence-corrected chi connectivity index (χ1v) is 6.74. The van der Waals surface area contributed by atoms with Crippen molar-refractivity contribution in [2.24, 2.45) is 0 Å². The first kappa shape index (κ1) is 12.8. The summed E-state index contributed by atoms with van der Waals surface area (Å²) in [6, 6.07) is 8.10. The molecular formula is C14H15NO2S. The van der Waals surface area contributed by atoms with Gasteiger partial charge in [-0.05, 0) is 19.4 Å². The SMILES string of the molecule is CCOC(=O)Cc1csc(-c2ccccc2C)n1. The average Bonchev–Trinajstić information content (AvgIpc) is 2.78. The van der Waals surface area contributed by atoms with Crippen LogP contribution in [0.4, 0.5) is 0 Å². The fourth-order valence-electron chi connectivity index (χ4n) is 1.68. The van der Waals surface area contributed by atoms with Crippen molar-refractivity contribution in [3.8, 4) is 10.6 Å². The van der Waals surface area contributed by atoms with Crippen LogP contribution in [0.5, 0.6) is 0 Å². The van der Waals surface area contributed by atoms with Crippen LogP contribution in [0.1, 0.15) is 18.2 Å². The van der Waals surface area contributed by atoms with Crippen LogP contribution in [0.25, 0.3) is 10.6 Å². The summed E-state index contributed by atoms with van der Waals surface area (Å²) in [6.45, 7) is 4.27. The number of benzene rings is 1. The molecular weight excluding hydrogens is 246 g/mol. The van der Waals surface area contributed by atoms with Crippen molar-refractivity contribution in [1.29, 1.82) is 0 Å². The predicted molar refractivity (Wildman–Crippen MR) is 72.6 cm³/mol. The molecule has 0 aliphatic heterocycles. The minimum atomic E-state index is -0.223. The monoisotopic (exact) mass is 261 g/mol. The van der Waals surface area contributed by atoms with Crippen LogP contribution in [0.3, 0.4) is 0 Å². The molecule has 3 nitrogen and oxygen atoms in total. The summed E-state index contributed by atoms with van der Waals surface area (Å²) >= 11 is 1.56. The molecule has 0 fully saturated rings. The highest BCUT2D eigenvalue weighted by Crippen LogP contribution is 2.26. The van der Waals surface area contributed by atoms with E-state index in [0.29, 0.717) is 6.61 Å². The van der Waals surface area contributed by atoms with Crippen LogP contribution < -0.4 is 0 Å². The van der Waals surface area contributed by atoms with Gasteiger partial charge in [0.05, 0.1) is 18.7 Å². The second-order valence-corrected chi connectivity index (χ2v) is 4.80. The van der Waals surface area contributed by atoms with Crippen LogP contribution in [0.15, 0.2) is 29.6 Å². The third-order valence-electron chi connectivity index (χ3n) is 2.56. The molecule has 0 amide bonds. The van der Waals surface area contributed by atoms with Gasteiger partial charge in [-0.1, -0.05) is 24.3 Å². The molecule has 4 heteroatoms. The van der Waals surface area contributed by atoms with Crippen LogP contribution in [0, 0.1) is 6.92 Å². The van der Waals surface area contributed by atoms with E-state index in [1.54, 1.807) is 18.3 Å². The second kappa shape index (κ2) is 5.78. The molecule has 18 heavy (non-hydrogen) atoms. The molecule has 0 bridgehead atoms. The van der Waals surface area contributed by atoms with Crippen molar-refractivity contribution >= 4 is 17.3 Å². The van der Waals surface area contributed by atoms with Crippen molar-refractivity contribution in [2.75, 3.05) is 6.61 Å². The molecule has 2 rings (SSSR count). The Morgan fingerprint density at radius 3 is 2.89 bits per heavy atom. The Kier molecular flexibility index (Phi) is 4.10. The number of hydrogen-bond acceptors (Lipinski definition) is 4. The largest absolute Gasteiger partial charge is 0.466 e. The van der Waals surface area contributed by atoms with E-state index in [4.69, 9.17) is 4.74 Å². The number of carbonyl (C=O) groups excluding carboxylic acids is 1. The normalized spacial score (nSPS) is 10.3. The Morgan fingerprint density at radius 2 is 2.17 bits per heavy atom. The maximum Gasteiger partial charge on any atom is 0.311 e. The third-order valence-corrected chi connectivity index (χ3v) is 3.48. The van der Waals surface area contributed by atoms with Gasteiger partial charge in [0.15, 0.2) is 0 Å². The molecule has 0 aliphatic rings. The maximum absolute atomic E-state index is 11.4. The van der Waals surface area contributed by atoms with E-state index >= 15 is 0 Å². The number of aryl methyl sites for hydroxylation is 1. The molecule has 1 heterocycles. The quantitative estimate of drug-likeness (QED) is 0.793. The Balaban J connectivity index is 2.16. The molecule has 2 aromatic rings. The lowest BCUT2D eigenvalue weighted by Crippen LogP contribution is -2.07. The fourth-order valence-corrected chi connectivity index (χ4v) is 2.59. The third kappa shape index (κ3) is 2.96. The van der Waals surface area contributed by atoms with E-state index in [0.717, 1.165) is 16.3 Å². The summed E-state index contributed by atoms with van der Waals surface area (Å²) in [6.07, 6.45) is 0.246. The van der Waals surface area contributed by atoms with Gasteiger partial charge < -0.3 is 4.74 Å². The summed E-state index contributed by atoms with van der Waals surface area (Å²) in [7, 11) is 0. The zero-order valence-corrected chi connectivity index (χ0v) is 11.3. The average molecular weight is 261 g/mol. The second-order valence-electron chi connectivity index (χ2n) is 3.94. The van der Waals surface area contributed by atoms with Gasteiger partial charge in [-0.3, -0.25) is 4.79 Å². The van der Waals surface area contributed by atoms with Crippen LogP contribution in [-0.2, 0) is 16.0 Å². The highest BCUT2D eigenvalue weighted by molar-refractivity contribution is 7.13. The molecule has 0 aliphatic carbocycles. The number of ether oxygens (including phenoxy) is 1. The summed E-state index contributed by atoms with van der Waals surface area (Å²) in [5.41, 5.74) is 3.09. The summed E-state index contributed by atoms with van der Waals surface area (Å²) in [5.74, 6) is -0.223. The first-order valence-electron chi connectivity index (χ1n) is 5.86. The Hall–Kier alpha value is -1.68. The van der Waals surface area contributed by atoms with Gasteiger partial charge in [-0.15, -0.1) is 11.3 Å². The van der Waals surface area contributed by atoms with Gasteiger partial charge in [-0.2, -0.15) is 0 Å². The van der Waals surface area contributed by atoms with Crippen molar-refractivity contribution in [2.45, 2.75) is 20.3 Å². The Morgan fingerprint density at radius 1 is 1.39 bits per heavy atom. The molecule has 0 N–H and O–H groups in total. The molecule has 0 radical (unpaired) electrons. The van der Waals surface area contributed by atoms with Gasteiger partial charge in [0.2, 0.25) is 0 Å². The fraction of sp³-hybridized carbons (Fsp3) is 0.286. The molecule has 0 saturated heterocycles. The van der Waals surface area contributed by atoms with Crippen molar-refractivity contribution in [1.82, 2.24) is 4.98 Å². The lowest BCUT2D eigenvalue weighted by Gasteiger charge is -2.00. The number of thiazole rings is 1. The van der Waals surface area contributed by atoms with Crippen LogP contribution in [-0.4, -0.2) is 17.6 Å². The van der Waals surface area contributed by atoms with Crippen LogP contribution >= 0.6 is 11.3 Å². The number of nitrogens with zero attached hydrogens (tertiary/aromatic N) is 1. The van der Waals surface area contributed by atoms with Crippen molar-refractivity contribution in [3.63, 3.8) is 0 Å². The van der Waals surface area contributed by atoms with Gasteiger partial charge in [0.1, 0.15) is 5.01 Å². The number of hydrogen-bond donors (Lipinski definition) is 0. The minimum Gasteiger partial charge on any atom is -0.466 e. The Bertz CT molecular complexity index is 548. The number of rotatable bonds is 4. The van der Waals surface area contributed by atoms with E-state index in [1.165, 1.54) is 5.56 Å².